The predicted octanol–water partition coefficient (Wildman–Crippen LogP) is 4.41. The Morgan fingerprint density at radius 1 is 1.17 bits per heavy atom. The van der Waals surface area contributed by atoms with Crippen LogP contribution in [0.3, 0.4) is 0 Å². The summed E-state index contributed by atoms with van der Waals surface area (Å²) in [4.78, 5) is 17.6. The number of hydrogen-bond acceptors (Lipinski definition) is 5. The van der Waals surface area contributed by atoms with Gasteiger partial charge in [-0.25, -0.2) is 8.42 Å². The van der Waals surface area contributed by atoms with Crippen LogP contribution in [0, 0.1) is 6.92 Å². The molecule has 3 aromatic rings. The third-order valence-corrected chi connectivity index (χ3v) is 8.91. The van der Waals surface area contributed by atoms with Gasteiger partial charge >= 0.3 is 5.97 Å². The highest BCUT2D eigenvalue weighted by atomic mass is 35.5. The van der Waals surface area contributed by atoms with Crippen LogP contribution < -0.4 is 0 Å². The van der Waals surface area contributed by atoms with Crippen molar-refractivity contribution in [1.29, 1.82) is 0 Å². The van der Waals surface area contributed by atoms with Crippen LogP contribution in [0.15, 0.2) is 65.8 Å². The minimum Gasteiger partial charge on any atom is -0.480 e. The number of sulfonamides is 1. The van der Waals surface area contributed by atoms with Crippen LogP contribution in [0.5, 0.6) is 0 Å². The summed E-state index contributed by atoms with van der Waals surface area (Å²) >= 11 is 6.25. The molecule has 1 fully saturated rings. The number of aryl methyl sites for hydroxylation is 1. The van der Waals surface area contributed by atoms with E-state index < -0.39 is 22.0 Å². The van der Waals surface area contributed by atoms with Crippen LogP contribution in [0.4, 0.5) is 0 Å². The molecule has 1 atom stereocenters. The average molecular weight is 514 g/mol. The number of carboxylic acid groups (broad SMARTS) is 1. The molecule has 2 heterocycles. The minimum absolute atomic E-state index is 0.148. The van der Waals surface area contributed by atoms with E-state index in [0.717, 1.165) is 28.7 Å². The lowest BCUT2D eigenvalue weighted by Crippen LogP contribution is -2.51. The van der Waals surface area contributed by atoms with Gasteiger partial charge < -0.3 is 5.11 Å². The lowest BCUT2D eigenvalue weighted by atomic mass is 9.95. The van der Waals surface area contributed by atoms with Crippen molar-refractivity contribution >= 4 is 27.6 Å². The van der Waals surface area contributed by atoms with Crippen molar-refractivity contribution in [3.63, 3.8) is 0 Å². The molecule has 7 nitrogen and oxygen atoms in total. The second-order valence-electron chi connectivity index (χ2n) is 8.64. The summed E-state index contributed by atoms with van der Waals surface area (Å²) in [6.07, 6.45) is 4.41. The van der Waals surface area contributed by atoms with Crippen LogP contribution in [-0.4, -0.2) is 59.9 Å². The van der Waals surface area contributed by atoms with Gasteiger partial charge in [0.2, 0.25) is 10.0 Å². The average Bonchev–Trinajstić information content (AvgIpc) is 2.85. The van der Waals surface area contributed by atoms with Gasteiger partial charge in [0.25, 0.3) is 0 Å². The maximum atomic E-state index is 13.9. The molecular weight excluding hydrogens is 486 g/mol. The predicted molar refractivity (Wildman–Crippen MR) is 136 cm³/mol. The Labute approximate surface area is 211 Å². The maximum absolute atomic E-state index is 13.9. The number of aliphatic carboxylic acids is 1. The summed E-state index contributed by atoms with van der Waals surface area (Å²) in [5.74, 6) is -0.941. The Bertz CT molecular complexity index is 1350. The Morgan fingerprint density at radius 2 is 1.94 bits per heavy atom. The molecule has 1 N–H and O–H groups in total. The number of hydrogen-bond donors (Lipinski definition) is 1. The van der Waals surface area contributed by atoms with E-state index in [9.17, 15) is 18.3 Å². The Balaban J connectivity index is 1.79. The van der Waals surface area contributed by atoms with Gasteiger partial charge in [0.1, 0.15) is 0 Å². The van der Waals surface area contributed by atoms with Crippen molar-refractivity contribution < 1.29 is 18.3 Å². The van der Waals surface area contributed by atoms with Crippen molar-refractivity contribution in [1.82, 2.24) is 14.2 Å². The second kappa shape index (κ2) is 10.5. The van der Waals surface area contributed by atoms with Crippen molar-refractivity contribution in [3.05, 3.63) is 82.6 Å². The van der Waals surface area contributed by atoms with E-state index in [2.05, 4.69) is 11.9 Å². The van der Waals surface area contributed by atoms with Gasteiger partial charge in [-0.15, -0.1) is 0 Å². The summed E-state index contributed by atoms with van der Waals surface area (Å²) in [6, 6.07) is 14.1. The van der Waals surface area contributed by atoms with Crippen molar-refractivity contribution in [3.8, 4) is 11.1 Å². The third kappa shape index (κ3) is 5.26. The highest BCUT2D eigenvalue weighted by Gasteiger charge is 2.38. The summed E-state index contributed by atoms with van der Waals surface area (Å²) in [7, 11) is -3.89. The number of nitrogens with zero attached hydrogens (tertiary/aromatic N) is 3. The minimum atomic E-state index is -3.89. The molecule has 0 spiro atoms. The first-order valence-electron chi connectivity index (χ1n) is 11.5. The third-order valence-electron chi connectivity index (χ3n) is 6.45. The van der Waals surface area contributed by atoms with Gasteiger partial charge in [0.15, 0.2) is 0 Å². The van der Waals surface area contributed by atoms with E-state index in [1.807, 2.05) is 36.5 Å². The topological polar surface area (TPSA) is 90.8 Å². The zero-order valence-corrected chi connectivity index (χ0v) is 21.3. The number of benzene rings is 2. The first-order valence-corrected chi connectivity index (χ1v) is 13.3. The number of aromatic nitrogens is 1. The maximum Gasteiger partial charge on any atom is 0.317 e. The molecule has 0 amide bonds. The van der Waals surface area contributed by atoms with Gasteiger partial charge in [0, 0.05) is 37.1 Å². The van der Waals surface area contributed by atoms with E-state index in [1.54, 1.807) is 36.2 Å². The highest BCUT2D eigenvalue weighted by molar-refractivity contribution is 7.89. The first-order chi connectivity index (χ1) is 16.7. The second-order valence-corrected chi connectivity index (χ2v) is 10.9. The number of halogens is 1. The standard InChI is InChI=1S/C26H28ClN3O4S/c1-3-19-15-28-11-10-22(19)20-6-4-7-21(14-20)24-16-29(17-26(31)32)12-13-30(24)35(33,34)25-9-5-8-23(27)18(25)2/h4-11,14-15,24H,3,12-13,16-17H2,1-2H3,(H,31,32). The van der Waals surface area contributed by atoms with Gasteiger partial charge in [-0.2, -0.15) is 4.31 Å². The van der Waals surface area contributed by atoms with Crippen molar-refractivity contribution in [2.45, 2.75) is 31.2 Å². The number of carboxylic acids is 1. The molecule has 4 rings (SSSR count). The molecule has 1 saturated heterocycles. The molecular formula is C26H28ClN3O4S. The Kier molecular flexibility index (Phi) is 7.56. The zero-order chi connectivity index (χ0) is 25.2. The van der Waals surface area contributed by atoms with Crippen LogP contribution in [0.2, 0.25) is 5.02 Å². The lowest BCUT2D eigenvalue weighted by molar-refractivity contribution is -0.138. The summed E-state index contributed by atoms with van der Waals surface area (Å²) in [5, 5.41) is 9.74. The van der Waals surface area contributed by atoms with Gasteiger partial charge in [0.05, 0.1) is 17.5 Å². The van der Waals surface area contributed by atoms with Crippen LogP contribution in [-0.2, 0) is 21.2 Å². The quantitative estimate of drug-likeness (QED) is 0.503. The molecule has 0 saturated carbocycles. The van der Waals surface area contributed by atoms with Crippen LogP contribution >= 0.6 is 11.6 Å². The van der Waals surface area contributed by atoms with Gasteiger partial charge in [-0.05, 0) is 65.4 Å². The normalized spacial score (nSPS) is 17.4. The molecule has 2 aromatic carbocycles. The SMILES string of the molecule is CCc1cnccc1-c1cccc(C2CN(CC(=O)O)CCN2S(=O)(=O)c2cccc(Cl)c2C)c1. The molecule has 0 aliphatic carbocycles. The molecule has 1 aromatic heterocycles. The first kappa shape index (κ1) is 25.3. The zero-order valence-electron chi connectivity index (χ0n) is 19.7. The van der Waals surface area contributed by atoms with E-state index in [1.165, 1.54) is 4.31 Å². The Hall–Kier alpha value is -2.78. The molecule has 1 aliphatic rings. The smallest absolute Gasteiger partial charge is 0.317 e. The monoisotopic (exact) mass is 513 g/mol. The number of rotatable bonds is 7. The van der Waals surface area contributed by atoms with Crippen molar-refractivity contribution in [2.24, 2.45) is 0 Å². The lowest BCUT2D eigenvalue weighted by Gasteiger charge is -2.40. The fourth-order valence-corrected chi connectivity index (χ4v) is 6.69. The molecule has 1 aliphatic heterocycles. The molecule has 1 unspecified atom stereocenters. The van der Waals surface area contributed by atoms with E-state index in [4.69, 9.17) is 11.6 Å². The number of carbonyl (C=O) groups is 1. The largest absolute Gasteiger partial charge is 0.480 e. The van der Waals surface area contributed by atoms with E-state index in [0.29, 0.717) is 17.1 Å². The highest BCUT2D eigenvalue weighted by Crippen LogP contribution is 2.35. The molecule has 9 heteroatoms. The summed E-state index contributed by atoms with van der Waals surface area (Å²) < 4.78 is 29.2. The molecule has 0 bridgehead atoms. The van der Waals surface area contributed by atoms with Gasteiger partial charge in [-0.3, -0.25) is 14.7 Å². The number of piperazine rings is 1. The van der Waals surface area contributed by atoms with E-state index in [-0.39, 0.29) is 24.5 Å². The van der Waals surface area contributed by atoms with Crippen LogP contribution in [0.1, 0.15) is 29.7 Å². The van der Waals surface area contributed by atoms with E-state index >= 15 is 0 Å². The molecule has 184 valence electrons. The Morgan fingerprint density at radius 3 is 2.69 bits per heavy atom. The summed E-state index contributed by atoms with van der Waals surface area (Å²) in [6.45, 7) is 4.38. The number of pyridine rings is 1. The molecule has 35 heavy (non-hydrogen) atoms. The fraction of sp³-hybridized carbons (Fsp3) is 0.308. The molecule has 0 radical (unpaired) electrons. The van der Waals surface area contributed by atoms with Crippen molar-refractivity contribution in [2.75, 3.05) is 26.2 Å². The van der Waals surface area contributed by atoms with Gasteiger partial charge in [-0.1, -0.05) is 42.8 Å². The summed E-state index contributed by atoms with van der Waals surface area (Å²) in [5.41, 5.74) is 4.41. The fourth-order valence-electron chi connectivity index (χ4n) is 4.61. The van der Waals surface area contributed by atoms with Crippen LogP contribution in [0.25, 0.3) is 11.1 Å².